The number of thioether (sulfide) groups is 1. The lowest BCUT2D eigenvalue weighted by Gasteiger charge is -2.03. The molecule has 0 radical (unpaired) electrons. The fourth-order valence-corrected chi connectivity index (χ4v) is 2.40. The second-order valence-corrected chi connectivity index (χ2v) is 4.97. The molecular formula is C14H14N2O2S. The molecule has 0 aliphatic heterocycles. The molecule has 0 atom stereocenters. The molecule has 0 amide bonds. The zero-order valence-corrected chi connectivity index (χ0v) is 11.6. The summed E-state index contributed by atoms with van der Waals surface area (Å²) in [5, 5.41) is 0.949. The van der Waals surface area contributed by atoms with Crippen molar-refractivity contribution in [1.82, 2.24) is 9.97 Å². The molecule has 4 nitrogen and oxygen atoms in total. The summed E-state index contributed by atoms with van der Waals surface area (Å²) in [7, 11) is 1.38. The van der Waals surface area contributed by atoms with Gasteiger partial charge in [-0.05, 0) is 30.7 Å². The molecule has 0 saturated heterocycles. The first kappa shape index (κ1) is 13.5. The summed E-state index contributed by atoms with van der Waals surface area (Å²) in [6.45, 7) is 1.94. The first-order chi connectivity index (χ1) is 9.19. The molecule has 0 saturated carbocycles. The van der Waals surface area contributed by atoms with Crippen molar-refractivity contribution in [3.63, 3.8) is 0 Å². The maximum Gasteiger partial charge on any atom is 0.337 e. The van der Waals surface area contributed by atoms with Gasteiger partial charge in [0, 0.05) is 11.4 Å². The van der Waals surface area contributed by atoms with Gasteiger partial charge in [0.15, 0.2) is 0 Å². The van der Waals surface area contributed by atoms with Crippen LogP contribution in [0.5, 0.6) is 0 Å². The first-order valence-electron chi connectivity index (χ1n) is 5.78. The van der Waals surface area contributed by atoms with E-state index in [-0.39, 0.29) is 5.97 Å². The van der Waals surface area contributed by atoms with Gasteiger partial charge < -0.3 is 4.74 Å². The highest BCUT2D eigenvalue weighted by Gasteiger charge is 2.04. The van der Waals surface area contributed by atoms with Crippen LogP contribution in [0.3, 0.4) is 0 Å². The van der Waals surface area contributed by atoms with Crippen LogP contribution in [0.25, 0.3) is 0 Å². The van der Waals surface area contributed by atoms with E-state index < -0.39 is 0 Å². The summed E-state index contributed by atoms with van der Waals surface area (Å²) in [5.41, 5.74) is 2.65. The number of methoxy groups -OCH3 is 1. The van der Waals surface area contributed by atoms with Gasteiger partial charge in [0.05, 0.1) is 17.7 Å². The summed E-state index contributed by atoms with van der Waals surface area (Å²) in [4.78, 5) is 19.5. The molecule has 2 rings (SSSR count). The van der Waals surface area contributed by atoms with E-state index in [0.29, 0.717) is 5.56 Å². The van der Waals surface area contributed by atoms with Crippen LogP contribution in [0.15, 0.2) is 41.7 Å². The normalized spacial score (nSPS) is 10.2. The van der Waals surface area contributed by atoms with E-state index in [4.69, 9.17) is 0 Å². The summed E-state index contributed by atoms with van der Waals surface area (Å²) < 4.78 is 4.66. The Kier molecular flexibility index (Phi) is 4.52. The minimum atomic E-state index is -0.314. The number of carbonyl (C=O) groups excluding carboxylic acids is 1. The van der Waals surface area contributed by atoms with Gasteiger partial charge in [-0.3, -0.25) is 0 Å². The maximum absolute atomic E-state index is 11.3. The molecule has 5 heteroatoms. The van der Waals surface area contributed by atoms with Crippen molar-refractivity contribution < 1.29 is 9.53 Å². The lowest BCUT2D eigenvalue weighted by Crippen LogP contribution is -2.00. The molecular weight excluding hydrogens is 260 g/mol. The average Bonchev–Trinajstić information content (AvgIpc) is 2.45. The van der Waals surface area contributed by atoms with Crippen molar-refractivity contribution in [2.45, 2.75) is 17.7 Å². The fourth-order valence-electron chi connectivity index (χ4n) is 1.52. The van der Waals surface area contributed by atoms with Crippen LogP contribution in [0.2, 0.25) is 0 Å². The van der Waals surface area contributed by atoms with E-state index in [0.717, 1.165) is 22.0 Å². The van der Waals surface area contributed by atoms with Gasteiger partial charge >= 0.3 is 5.97 Å². The lowest BCUT2D eigenvalue weighted by molar-refractivity contribution is 0.0600. The highest BCUT2D eigenvalue weighted by atomic mass is 32.2. The molecule has 0 aliphatic rings. The van der Waals surface area contributed by atoms with E-state index in [2.05, 4.69) is 14.7 Å². The third kappa shape index (κ3) is 3.79. The molecule has 1 heterocycles. The quantitative estimate of drug-likeness (QED) is 0.487. The fraction of sp³-hybridized carbons (Fsp3) is 0.214. The molecule has 98 valence electrons. The van der Waals surface area contributed by atoms with Crippen molar-refractivity contribution >= 4 is 17.7 Å². The number of aryl methyl sites for hydroxylation is 1. The summed E-state index contributed by atoms with van der Waals surface area (Å²) in [6.07, 6.45) is 1.57. The molecule has 1 aromatic heterocycles. The van der Waals surface area contributed by atoms with Crippen molar-refractivity contribution in [1.29, 1.82) is 0 Å². The smallest absolute Gasteiger partial charge is 0.337 e. The third-order valence-electron chi connectivity index (χ3n) is 2.54. The number of nitrogens with zero attached hydrogens (tertiary/aromatic N) is 2. The topological polar surface area (TPSA) is 52.1 Å². The highest BCUT2D eigenvalue weighted by Crippen LogP contribution is 2.21. The van der Waals surface area contributed by atoms with Crippen molar-refractivity contribution in [2.75, 3.05) is 7.11 Å². The van der Waals surface area contributed by atoms with Gasteiger partial charge in [0.1, 0.15) is 6.33 Å². The maximum atomic E-state index is 11.3. The zero-order valence-electron chi connectivity index (χ0n) is 10.8. The molecule has 0 N–H and O–H groups in total. The number of benzene rings is 1. The summed E-state index contributed by atoms with van der Waals surface area (Å²) in [6, 6.07) is 9.34. The van der Waals surface area contributed by atoms with Gasteiger partial charge in [-0.25, -0.2) is 14.8 Å². The molecule has 2 aromatic rings. The highest BCUT2D eigenvalue weighted by molar-refractivity contribution is 7.98. The van der Waals surface area contributed by atoms with Crippen LogP contribution >= 0.6 is 11.8 Å². The molecule has 19 heavy (non-hydrogen) atoms. The Balaban J connectivity index is 1.98. The van der Waals surface area contributed by atoms with Crippen LogP contribution in [-0.2, 0) is 10.5 Å². The summed E-state index contributed by atoms with van der Waals surface area (Å²) in [5.74, 6) is 0.489. The minimum Gasteiger partial charge on any atom is -0.465 e. The van der Waals surface area contributed by atoms with E-state index in [1.807, 2.05) is 25.1 Å². The van der Waals surface area contributed by atoms with Crippen molar-refractivity contribution in [3.8, 4) is 0 Å². The Morgan fingerprint density at radius 3 is 2.63 bits per heavy atom. The average molecular weight is 274 g/mol. The number of esters is 1. The number of carbonyl (C=O) groups is 1. The molecule has 1 aromatic carbocycles. The number of hydrogen-bond donors (Lipinski definition) is 0. The Hall–Kier alpha value is -1.88. The van der Waals surface area contributed by atoms with Crippen LogP contribution in [0.1, 0.15) is 21.6 Å². The second kappa shape index (κ2) is 6.33. The van der Waals surface area contributed by atoms with E-state index in [1.54, 1.807) is 30.2 Å². The van der Waals surface area contributed by atoms with Crippen LogP contribution in [0, 0.1) is 6.92 Å². The van der Waals surface area contributed by atoms with Crippen LogP contribution in [-0.4, -0.2) is 23.0 Å². The monoisotopic (exact) mass is 274 g/mol. The van der Waals surface area contributed by atoms with Gasteiger partial charge in [-0.2, -0.15) is 0 Å². The molecule has 0 aliphatic carbocycles. The van der Waals surface area contributed by atoms with Gasteiger partial charge in [-0.15, -0.1) is 11.8 Å². The number of aromatic nitrogens is 2. The Morgan fingerprint density at radius 2 is 2.00 bits per heavy atom. The third-order valence-corrected chi connectivity index (χ3v) is 3.54. The van der Waals surface area contributed by atoms with Crippen molar-refractivity contribution in [3.05, 3.63) is 53.5 Å². The van der Waals surface area contributed by atoms with Crippen LogP contribution < -0.4 is 0 Å². The predicted octanol–water partition coefficient (Wildman–Crippen LogP) is 2.86. The lowest BCUT2D eigenvalue weighted by atomic mass is 10.1. The SMILES string of the molecule is COC(=O)c1ccc(CSc2cc(C)ncn2)cc1. The predicted molar refractivity (Wildman–Crippen MR) is 74.1 cm³/mol. The number of hydrogen-bond acceptors (Lipinski definition) is 5. The molecule has 0 spiro atoms. The molecule has 0 fully saturated rings. The minimum absolute atomic E-state index is 0.314. The van der Waals surface area contributed by atoms with Gasteiger partial charge in [0.2, 0.25) is 0 Å². The largest absolute Gasteiger partial charge is 0.465 e. The number of ether oxygens (including phenoxy) is 1. The van der Waals surface area contributed by atoms with Crippen molar-refractivity contribution in [2.24, 2.45) is 0 Å². The Labute approximate surface area is 116 Å². The van der Waals surface area contributed by atoms with Crippen LogP contribution in [0.4, 0.5) is 0 Å². The van der Waals surface area contributed by atoms with Gasteiger partial charge in [0.25, 0.3) is 0 Å². The summed E-state index contributed by atoms with van der Waals surface area (Å²) >= 11 is 1.64. The molecule has 0 bridgehead atoms. The standard InChI is InChI=1S/C14H14N2O2S/c1-10-7-13(16-9-15-10)19-8-11-3-5-12(6-4-11)14(17)18-2/h3-7,9H,8H2,1-2H3. The van der Waals surface area contributed by atoms with E-state index in [1.165, 1.54) is 7.11 Å². The zero-order chi connectivity index (χ0) is 13.7. The second-order valence-electron chi connectivity index (χ2n) is 3.97. The van der Waals surface area contributed by atoms with Gasteiger partial charge in [-0.1, -0.05) is 12.1 Å². The number of rotatable bonds is 4. The Bertz CT molecular complexity index is 570. The Morgan fingerprint density at radius 1 is 1.26 bits per heavy atom. The van der Waals surface area contributed by atoms with E-state index in [9.17, 15) is 4.79 Å². The molecule has 0 unspecified atom stereocenters. The first-order valence-corrected chi connectivity index (χ1v) is 6.76. The van der Waals surface area contributed by atoms with E-state index >= 15 is 0 Å².